The van der Waals surface area contributed by atoms with Crippen LogP contribution in [0.25, 0.3) is 0 Å². The molecule has 0 spiro atoms. The van der Waals surface area contributed by atoms with Crippen molar-refractivity contribution in [1.82, 2.24) is 15.1 Å². The van der Waals surface area contributed by atoms with Crippen LogP contribution in [-0.4, -0.2) is 66.7 Å². The van der Waals surface area contributed by atoms with Crippen LogP contribution in [0.5, 0.6) is 0 Å². The molecule has 19 heavy (non-hydrogen) atoms. The normalized spacial score (nSPS) is 19.5. The summed E-state index contributed by atoms with van der Waals surface area (Å²) in [6.45, 7) is 5.77. The van der Waals surface area contributed by atoms with Gasteiger partial charge in [0.25, 0.3) is 0 Å². The number of carbonyl (C=O) groups excluding carboxylic acids is 1. The van der Waals surface area contributed by atoms with E-state index in [-0.39, 0.29) is 18.4 Å². The van der Waals surface area contributed by atoms with Crippen molar-refractivity contribution in [1.29, 1.82) is 0 Å². The lowest BCUT2D eigenvalue weighted by Crippen LogP contribution is -2.47. The third-order valence-corrected chi connectivity index (χ3v) is 3.58. The van der Waals surface area contributed by atoms with E-state index in [2.05, 4.69) is 17.1 Å². The summed E-state index contributed by atoms with van der Waals surface area (Å²) in [6, 6.07) is -0.0698. The second-order valence-electron chi connectivity index (χ2n) is 5.18. The molecule has 1 heterocycles. The molecule has 0 aliphatic carbocycles. The number of carboxylic acids is 1. The van der Waals surface area contributed by atoms with Crippen molar-refractivity contribution in [3.8, 4) is 0 Å². The molecule has 0 aromatic rings. The van der Waals surface area contributed by atoms with Gasteiger partial charge in [-0.05, 0) is 32.4 Å². The zero-order chi connectivity index (χ0) is 14.3. The van der Waals surface area contributed by atoms with Gasteiger partial charge in [-0.1, -0.05) is 6.92 Å². The van der Waals surface area contributed by atoms with Gasteiger partial charge in [0, 0.05) is 32.6 Å². The SMILES string of the molecule is CCN(C)CCNC(=O)N1CCCC(CC(=O)O)C1. The van der Waals surface area contributed by atoms with E-state index in [4.69, 9.17) is 5.11 Å². The molecular weight excluding hydrogens is 246 g/mol. The molecule has 1 fully saturated rings. The van der Waals surface area contributed by atoms with E-state index < -0.39 is 5.97 Å². The average molecular weight is 271 g/mol. The van der Waals surface area contributed by atoms with Gasteiger partial charge in [0.1, 0.15) is 0 Å². The standard InChI is InChI=1S/C13H25N3O3/c1-3-15(2)8-6-14-13(19)16-7-4-5-11(10-16)9-12(17)18/h11H,3-10H2,1-2H3,(H,14,19)(H,17,18). The number of hydrogen-bond donors (Lipinski definition) is 2. The van der Waals surface area contributed by atoms with Gasteiger partial charge in [-0.2, -0.15) is 0 Å². The zero-order valence-electron chi connectivity index (χ0n) is 11.9. The minimum atomic E-state index is -0.781. The first-order chi connectivity index (χ1) is 9.02. The minimum absolute atomic E-state index is 0.0698. The Morgan fingerprint density at radius 3 is 2.84 bits per heavy atom. The molecule has 1 aliphatic heterocycles. The van der Waals surface area contributed by atoms with Crippen LogP contribution in [0.15, 0.2) is 0 Å². The fraction of sp³-hybridized carbons (Fsp3) is 0.846. The van der Waals surface area contributed by atoms with Crippen LogP contribution in [0.4, 0.5) is 4.79 Å². The molecule has 110 valence electrons. The fourth-order valence-electron chi connectivity index (χ4n) is 2.29. The number of likely N-dealkylation sites (tertiary alicyclic amines) is 1. The Kier molecular flexibility index (Phi) is 6.62. The molecule has 6 nitrogen and oxygen atoms in total. The fourth-order valence-corrected chi connectivity index (χ4v) is 2.29. The molecular formula is C13H25N3O3. The average Bonchev–Trinajstić information content (AvgIpc) is 2.37. The van der Waals surface area contributed by atoms with Crippen LogP contribution in [-0.2, 0) is 4.79 Å². The van der Waals surface area contributed by atoms with Crippen LogP contribution in [0.2, 0.25) is 0 Å². The summed E-state index contributed by atoms with van der Waals surface area (Å²) in [5.74, 6) is -0.688. The van der Waals surface area contributed by atoms with E-state index in [0.29, 0.717) is 13.1 Å². The number of piperidine rings is 1. The minimum Gasteiger partial charge on any atom is -0.481 e. The molecule has 0 aromatic carbocycles. The number of carboxylic acid groups (broad SMARTS) is 1. The lowest BCUT2D eigenvalue weighted by Gasteiger charge is -2.32. The molecule has 1 atom stereocenters. The number of aliphatic carboxylic acids is 1. The summed E-state index contributed by atoms with van der Waals surface area (Å²) < 4.78 is 0. The molecule has 0 radical (unpaired) electrons. The van der Waals surface area contributed by atoms with Crippen molar-refractivity contribution in [2.45, 2.75) is 26.2 Å². The van der Waals surface area contributed by atoms with Crippen LogP contribution in [0.3, 0.4) is 0 Å². The van der Waals surface area contributed by atoms with Gasteiger partial charge in [0.05, 0.1) is 0 Å². The Labute approximate surface area is 114 Å². The highest BCUT2D eigenvalue weighted by Gasteiger charge is 2.24. The second-order valence-corrected chi connectivity index (χ2v) is 5.18. The highest BCUT2D eigenvalue weighted by atomic mass is 16.4. The number of nitrogens with zero attached hydrogens (tertiary/aromatic N) is 2. The summed E-state index contributed by atoms with van der Waals surface area (Å²) in [6.07, 6.45) is 1.94. The van der Waals surface area contributed by atoms with Crippen molar-refractivity contribution < 1.29 is 14.7 Å². The maximum Gasteiger partial charge on any atom is 0.317 e. The highest BCUT2D eigenvalue weighted by molar-refractivity contribution is 5.74. The number of urea groups is 1. The number of nitrogens with one attached hydrogen (secondary N) is 1. The Bertz CT molecular complexity index is 310. The quantitative estimate of drug-likeness (QED) is 0.750. The summed E-state index contributed by atoms with van der Waals surface area (Å²) in [5, 5.41) is 11.7. The molecule has 1 aliphatic rings. The number of carbonyl (C=O) groups is 2. The van der Waals surface area contributed by atoms with Crippen molar-refractivity contribution >= 4 is 12.0 Å². The van der Waals surface area contributed by atoms with Gasteiger partial charge in [-0.25, -0.2) is 4.79 Å². The monoisotopic (exact) mass is 271 g/mol. The third kappa shape index (κ3) is 5.92. The highest BCUT2D eigenvalue weighted by Crippen LogP contribution is 2.19. The van der Waals surface area contributed by atoms with E-state index in [1.54, 1.807) is 4.90 Å². The van der Waals surface area contributed by atoms with E-state index in [1.165, 1.54) is 0 Å². The molecule has 2 amide bonds. The van der Waals surface area contributed by atoms with Crippen molar-refractivity contribution in [3.05, 3.63) is 0 Å². The second kappa shape index (κ2) is 7.99. The van der Waals surface area contributed by atoms with Crippen LogP contribution >= 0.6 is 0 Å². The molecule has 2 N–H and O–H groups in total. The zero-order valence-corrected chi connectivity index (χ0v) is 11.9. The number of rotatable bonds is 6. The van der Waals surface area contributed by atoms with Crippen LogP contribution < -0.4 is 5.32 Å². The van der Waals surface area contributed by atoms with Gasteiger partial charge >= 0.3 is 12.0 Å². The molecule has 0 saturated carbocycles. The van der Waals surface area contributed by atoms with Crippen molar-refractivity contribution in [3.63, 3.8) is 0 Å². The van der Waals surface area contributed by atoms with Gasteiger partial charge in [-0.15, -0.1) is 0 Å². The number of amides is 2. The predicted octanol–water partition coefficient (Wildman–Crippen LogP) is 0.834. The number of hydrogen-bond acceptors (Lipinski definition) is 3. The summed E-state index contributed by atoms with van der Waals surface area (Å²) in [5.41, 5.74) is 0. The Morgan fingerprint density at radius 2 is 2.21 bits per heavy atom. The van der Waals surface area contributed by atoms with Gasteiger partial charge in [-0.3, -0.25) is 4.79 Å². The molecule has 6 heteroatoms. The first-order valence-corrected chi connectivity index (χ1v) is 6.96. The molecule has 1 unspecified atom stereocenters. The smallest absolute Gasteiger partial charge is 0.317 e. The van der Waals surface area contributed by atoms with Gasteiger partial charge < -0.3 is 20.2 Å². The topological polar surface area (TPSA) is 72.9 Å². The maximum atomic E-state index is 11.9. The van der Waals surface area contributed by atoms with Crippen LogP contribution in [0, 0.1) is 5.92 Å². The lowest BCUT2D eigenvalue weighted by atomic mass is 9.95. The van der Waals surface area contributed by atoms with E-state index >= 15 is 0 Å². The van der Waals surface area contributed by atoms with Gasteiger partial charge in [0.15, 0.2) is 0 Å². The van der Waals surface area contributed by atoms with E-state index in [0.717, 1.165) is 32.5 Å². The van der Waals surface area contributed by atoms with Gasteiger partial charge in [0.2, 0.25) is 0 Å². The molecule has 1 saturated heterocycles. The molecule has 0 aromatic heterocycles. The predicted molar refractivity (Wildman–Crippen MR) is 73.1 cm³/mol. The van der Waals surface area contributed by atoms with Crippen LogP contribution in [0.1, 0.15) is 26.2 Å². The van der Waals surface area contributed by atoms with E-state index in [9.17, 15) is 9.59 Å². The lowest BCUT2D eigenvalue weighted by molar-refractivity contribution is -0.138. The van der Waals surface area contributed by atoms with E-state index in [1.807, 2.05) is 7.05 Å². The first-order valence-electron chi connectivity index (χ1n) is 6.96. The number of likely N-dealkylation sites (N-methyl/N-ethyl adjacent to an activating group) is 1. The Balaban J connectivity index is 2.29. The summed E-state index contributed by atoms with van der Waals surface area (Å²) >= 11 is 0. The first kappa shape index (κ1) is 15.8. The summed E-state index contributed by atoms with van der Waals surface area (Å²) in [7, 11) is 2.01. The molecule has 1 rings (SSSR count). The summed E-state index contributed by atoms with van der Waals surface area (Å²) in [4.78, 5) is 26.5. The Hall–Kier alpha value is -1.30. The van der Waals surface area contributed by atoms with Crippen molar-refractivity contribution in [2.75, 3.05) is 39.8 Å². The maximum absolute atomic E-state index is 11.9. The Morgan fingerprint density at radius 1 is 1.47 bits per heavy atom. The van der Waals surface area contributed by atoms with Crippen molar-refractivity contribution in [2.24, 2.45) is 5.92 Å². The largest absolute Gasteiger partial charge is 0.481 e. The molecule has 0 bridgehead atoms. The third-order valence-electron chi connectivity index (χ3n) is 3.58.